The second kappa shape index (κ2) is 9.16. The molecule has 7 nitrogen and oxygen atoms in total. The first-order valence-corrected chi connectivity index (χ1v) is 10.3. The SMILES string of the molecule is O=C(CC1(C(=O)NCc2ccc(Nc3ccc(F)cc3C(F)(F)F)cn2)CC1)c1cncnc1. The van der Waals surface area contributed by atoms with Crippen molar-refractivity contribution in [3.63, 3.8) is 0 Å². The average Bonchev–Trinajstić information content (AvgIpc) is 3.60. The molecule has 0 spiro atoms. The summed E-state index contributed by atoms with van der Waals surface area (Å²) >= 11 is 0. The monoisotopic (exact) mass is 473 g/mol. The minimum absolute atomic E-state index is 0.0572. The molecule has 1 aliphatic rings. The molecule has 176 valence electrons. The fourth-order valence-corrected chi connectivity index (χ4v) is 3.46. The van der Waals surface area contributed by atoms with Gasteiger partial charge in [0.15, 0.2) is 5.78 Å². The smallest absolute Gasteiger partial charge is 0.354 e. The summed E-state index contributed by atoms with van der Waals surface area (Å²) in [6, 6.07) is 5.40. The molecule has 3 aromatic rings. The first-order valence-electron chi connectivity index (χ1n) is 10.3. The van der Waals surface area contributed by atoms with E-state index in [0.29, 0.717) is 30.2 Å². The standard InChI is InChI=1S/C23H19F4N5O2/c24-15-1-4-19(18(7-15)23(25,26)27)32-17-3-2-16(30-12-17)11-31-21(34)22(5-6-22)8-20(33)14-9-28-13-29-10-14/h1-4,7,9-10,12-13,32H,5-6,8,11H2,(H,31,34). The van der Waals surface area contributed by atoms with Crippen LogP contribution >= 0.6 is 0 Å². The number of hydrogen-bond acceptors (Lipinski definition) is 6. The summed E-state index contributed by atoms with van der Waals surface area (Å²) in [5.74, 6) is -1.46. The predicted octanol–water partition coefficient (Wildman–Crippen LogP) is 4.44. The molecule has 0 bridgehead atoms. The molecule has 1 aliphatic carbocycles. The number of benzene rings is 1. The van der Waals surface area contributed by atoms with E-state index in [-0.39, 0.29) is 36.0 Å². The van der Waals surface area contributed by atoms with Crippen LogP contribution in [0.3, 0.4) is 0 Å². The summed E-state index contributed by atoms with van der Waals surface area (Å²) in [7, 11) is 0. The fraction of sp³-hybridized carbons (Fsp3) is 0.261. The molecule has 0 unspecified atom stereocenters. The number of hydrogen-bond donors (Lipinski definition) is 2. The van der Waals surface area contributed by atoms with Crippen molar-refractivity contribution in [2.75, 3.05) is 5.32 Å². The molecule has 11 heteroatoms. The van der Waals surface area contributed by atoms with Gasteiger partial charge in [0.25, 0.3) is 0 Å². The second-order valence-corrected chi connectivity index (χ2v) is 8.04. The molecule has 2 aromatic heterocycles. The molecule has 1 aromatic carbocycles. The molecule has 2 heterocycles. The molecule has 1 fully saturated rings. The number of anilines is 2. The van der Waals surface area contributed by atoms with Crippen molar-refractivity contribution in [3.8, 4) is 0 Å². The lowest BCUT2D eigenvalue weighted by Gasteiger charge is -2.15. The van der Waals surface area contributed by atoms with E-state index in [4.69, 9.17) is 0 Å². The highest BCUT2D eigenvalue weighted by molar-refractivity contribution is 6.00. The molecule has 2 N–H and O–H groups in total. The maximum absolute atomic E-state index is 13.3. The van der Waals surface area contributed by atoms with E-state index in [1.54, 1.807) is 6.07 Å². The zero-order valence-corrected chi connectivity index (χ0v) is 17.7. The van der Waals surface area contributed by atoms with Crippen molar-refractivity contribution in [2.24, 2.45) is 5.41 Å². The van der Waals surface area contributed by atoms with Crippen LogP contribution in [0.15, 0.2) is 55.2 Å². The van der Waals surface area contributed by atoms with E-state index in [0.717, 1.165) is 12.1 Å². The number of pyridine rings is 1. The lowest BCUT2D eigenvalue weighted by atomic mass is 9.96. The Bertz CT molecular complexity index is 1200. The molecule has 0 atom stereocenters. The van der Waals surface area contributed by atoms with Crippen molar-refractivity contribution in [2.45, 2.75) is 32.0 Å². The van der Waals surface area contributed by atoms with Crippen LogP contribution in [-0.2, 0) is 17.5 Å². The number of halogens is 4. The Hall–Kier alpha value is -3.89. The van der Waals surface area contributed by atoms with Crippen LogP contribution in [-0.4, -0.2) is 26.6 Å². The van der Waals surface area contributed by atoms with E-state index in [1.165, 1.54) is 31.0 Å². The quantitative estimate of drug-likeness (QED) is 0.371. The topological polar surface area (TPSA) is 96.9 Å². The van der Waals surface area contributed by atoms with Gasteiger partial charge in [0.2, 0.25) is 5.91 Å². The molecule has 4 rings (SSSR count). The summed E-state index contributed by atoms with van der Waals surface area (Å²) in [5.41, 5.74) is -1.10. The van der Waals surface area contributed by atoms with E-state index < -0.39 is 23.0 Å². The van der Waals surface area contributed by atoms with Crippen molar-refractivity contribution < 1.29 is 27.2 Å². The molecule has 34 heavy (non-hydrogen) atoms. The Kier molecular flexibility index (Phi) is 6.27. The third-order valence-corrected chi connectivity index (χ3v) is 5.54. The normalized spacial score (nSPS) is 14.4. The molecule has 1 saturated carbocycles. The number of rotatable bonds is 8. The Morgan fingerprint density at radius 3 is 2.38 bits per heavy atom. The van der Waals surface area contributed by atoms with E-state index in [9.17, 15) is 27.2 Å². The largest absolute Gasteiger partial charge is 0.418 e. The van der Waals surface area contributed by atoms with Gasteiger partial charge in [-0.3, -0.25) is 14.6 Å². The predicted molar refractivity (Wildman–Crippen MR) is 113 cm³/mol. The summed E-state index contributed by atoms with van der Waals surface area (Å²) in [6.07, 6.45) is 1.97. The van der Waals surface area contributed by atoms with Crippen molar-refractivity contribution in [1.82, 2.24) is 20.3 Å². The maximum Gasteiger partial charge on any atom is 0.418 e. The molecule has 0 saturated heterocycles. The summed E-state index contributed by atoms with van der Waals surface area (Å²) in [6.45, 7) is 0.0911. The average molecular weight is 473 g/mol. The first-order chi connectivity index (χ1) is 16.2. The van der Waals surface area contributed by atoms with Gasteiger partial charge in [-0.05, 0) is 43.2 Å². The Morgan fingerprint density at radius 1 is 1.03 bits per heavy atom. The third kappa shape index (κ3) is 5.36. The van der Waals surface area contributed by atoms with E-state index >= 15 is 0 Å². The number of alkyl halides is 3. The molecule has 0 aliphatic heterocycles. The zero-order chi connectivity index (χ0) is 24.3. The fourth-order valence-electron chi connectivity index (χ4n) is 3.46. The number of nitrogens with zero attached hydrogens (tertiary/aromatic N) is 3. The lowest BCUT2D eigenvalue weighted by molar-refractivity contribution is -0.137. The van der Waals surface area contributed by atoms with Gasteiger partial charge >= 0.3 is 6.18 Å². The summed E-state index contributed by atoms with van der Waals surface area (Å²) in [4.78, 5) is 36.8. The number of ketones is 1. The van der Waals surface area contributed by atoms with Crippen LogP contribution in [0, 0.1) is 11.2 Å². The van der Waals surface area contributed by atoms with Crippen LogP contribution in [0.1, 0.15) is 40.9 Å². The van der Waals surface area contributed by atoms with Gasteiger partial charge in [0.05, 0.1) is 46.4 Å². The van der Waals surface area contributed by atoms with Crippen molar-refractivity contribution in [1.29, 1.82) is 0 Å². The van der Waals surface area contributed by atoms with Crippen molar-refractivity contribution >= 4 is 23.1 Å². The van der Waals surface area contributed by atoms with Gasteiger partial charge in [-0.25, -0.2) is 14.4 Å². The Morgan fingerprint density at radius 2 is 1.76 bits per heavy atom. The molecular formula is C23H19F4N5O2. The molecule has 1 amide bonds. The van der Waals surface area contributed by atoms with E-state index in [2.05, 4.69) is 25.6 Å². The van der Waals surface area contributed by atoms with Crippen LogP contribution in [0.2, 0.25) is 0 Å². The van der Waals surface area contributed by atoms with Crippen LogP contribution in [0.5, 0.6) is 0 Å². The van der Waals surface area contributed by atoms with E-state index in [1.807, 2.05) is 0 Å². The number of Topliss-reactive ketones (excluding diaryl/α,β-unsaturated/α-hetero) is 1. The van der Waals surface area contributed by atoms with Gasteiger partial charge in [-0.2, -0.15) is 13.2 Å². The first kappa shape index (κ1) is 23.3. The zero-order valence-electron chi connectivity index (χ0n) is 17.7. The van der Waals surface area contributed by atoms with Crippen LogP contribution in [0.25, 0.3) is 0 Å². The second-order valence-electron chi connectivity index (χ2n) is 8.04. The van der Waals surface area contributed by atoms with Gasteiger partial charge in [0, 0.05) is 18.8 Å². The third-order valence-electron chi connectivity index (χ3n) is 5.54. The van der Waals surface area contributed by atoms with Crippen LogP contribution in [0.4, 0.5) is 28.9 Å². The van der Waals surface area contributed by atoms with Gasteiger partial charge in [0.1, 0.15) is 12.1 Å². The number of carbonyl (C=O) groups excluding carboxylic acids is 2. The van der Waals surface area contributed by atoms with Gasteiger partial charge < -0.3 is 10.6 Å². The number of carbonyl (C=O) groups is 2. The Balaban J connectivity index is 1.35. The number of aromatic nitrogens is 3. The highest BCUT2D eigenvalue weighted by atomic mass is 19.4. The molecular weight excluding hydrogens is 454 g/mol. The minimum Gasteiger partial charge on any atom is -0.354 e. The number of nitrogens with one attached hydrogen (secondary N) is 2. The van der Waals surface area contributed by atoms with Crippen molar-refractivity contribution in [3.05, 3.63) is 77.9 Å². The highest BCUT2D eigenvalue weighted by Crippen LogP contribution is 2.49. The molecule has 0 radical (unpaired) electrons. The van der Waals surface area contributed by atoms with Gasteiger partial charge in [-0.1, -0.05) is 0 Å². The maximum atomic E-state index is 13.3. The van der Waals surface area contributed by atoms with Gasteiger partial charge in [-0.15, -0.1) is 0 Å². The summed E-state index contributed by atoms with van der Waals surface area (Å²) in [5, 5.41) is 5.35. The summed E-state index contributed by atoms with van der Waals surface area (Å²) < 4.78 is 52.7. The lowest BCUT2D eigenvalue weighted by Crippen LogP contribution is -2.33. The number of amides is 1. The minimum atomic E-state index is -4.73. The van der Waals surface area contributed by atoms with Crippen LogP contribution < -0.4 is 10.6 Å². The Labute approximate surface area is 191 Å². The highest BCUT2D eigenvalue weighted by Gasteiger charge is 2.51.